The van der Waals surface area contributed by atoms with Crippen LogP contribution in [-0.2, 0) is 28.4 Å². The van der Waals surface area contributed by atoms with Gasteiger partial charge in [0, 0.05) is 6.61 Å². The highest BCUT2D eigenvalue weighted by Gasteiger charge is 2.88. The van der Waals surface area contributed by atoms with Gasteiger partial charge in [0.2, 0.25) is 0 Å². The molecule has 6 nitrogen and oxygen atoms in total. The molecule has 0 bridgehead atoms. The van der Waals surface area contributed by atoms with Crippen LogP contribution in [0.1, 0.15) is 13.3 Å². The van der Waals surface area contributed by atoms with Crippen LogP contribution in [0.15, 0.2) is 0 Å². The van der Waals surface area contributed by atoms with E-state index in [4.69, 9.17) is 4.74 Å². The fourth-order valence-electron chi connectivity index (χ4n) is 4.09. The zero-order valence-electron chi connectivity index (χ0n) is 27.2. The van der Waals surface area contributed by atoms with Gasteiger partial charge in [-0.3, -0.25) is 0 Å². The zero-order chi connectivity index (χ0) is 45.8. The predicted octanol–water partition coefficient (Wildman–Crippen LogP) is 9.76. The summed E-state index contributed by atoms with van der Waals surface area (Å²) in [5.41, 5.74) is -28.8. The lowest BCUT2D eigenvalue weighted by Gasteiger charge is -2.45. The normalized spacial score (nSPS) is 15.8. The van der Waals surface area contributed by atoms with E-state index in [0.717, 1.165) is 0 Å². The van der Waals surface area contributed by atoms with Crippen molar-refractivity contribution < 1.29 is 147 Å². The molecule has 0 aliphatic carbocycles. The standard InChI is InChI=1S/C24H23F27O6/c1-2-3-52-4-5-53-6-7-54-8-12(9-55-13(16(25,26)27,17(28,29)30)18(31,32)33,10-56-14(19(34,35)36,20(37,38)39)21(40,41)42)11-57-15(22(43,44)45,23(46,47)48)24(49,50)51/h2-11H2,1H3. The molecule has 0 heterocycles. The highest BCUT2D eigenvalue weighted by molar-refractivity contribution is 5.06. The van der Waals surface area contributed by atoms with Crippen molar-refractivity contribution in [2.45, 2.75) is 85.7 Å². The van der Waals surface area contributed by atoms with E-state index in [2.05, 4.69) is 23.7 Å². The van der Waals surface area contributed by atoms with Crippen LogP contribution < -0.4 is 0 Å². The van der Waals surface area contributed by atoms with E-state index in [0.29, 0.717) is 6.42 Å². The predicted molar refractivity (Wildman–Crippen MR) is 126 cm³/mol. The van der Waals surface area contributed by atoms with Gasteiger partial charge in [-0.25, -0.2) is 0 Å². The highest BCUT2D eigenvalue weighted by atomic mass is 19.5. The van der Waals surface area contributed by atoms with Gasteiger partial charge in [-0.1, -0.05) is 6.92 Å². The number of hydrogen-bond acceptors (Lipinski definition) is 6. The second-order valence-corrected chi connectivity index (χ2v) is 11.2. The van der Waals surface area contributed by atoms with Gasteiger partial charge in [-0.05, 0) is 6.42 Å². The molecule has 0 spiro atoms. The Bertz CT molecular complexity index is 978. The summed E-state index contributed by atoms with van der Waals surface area (Å²) in [5.74, 6) is 0. The van der Waals surface area contributed by atoms with Gasteiger partial charge in [0.25, 0.3) is 0 Å². The van der Waals surface area contributed by atoms with Crippen LogP contribution in [0.4, 0.5) is 119 Å². The highest BCUT2D eigenvalue weighted by Crippen LogP contribution is 2.59. The maximum atomic E-state index is 13.6. The van der Waals surface area contributed by atoms with Gasteiger partial charge in [0.15, 0.2) is 0 Å². The summed E-state index contributed by atoms with van der Waals surface area (Å²) in [6.07, 6.45) is -71.9. The summed E-state index contributed by atoms with van der Waals surface area (Å²) in [6, 6.07) is 0. The third-order valence-corrected chi connectivity index (χ3v) is 6.88. The van der Waals surface area contributed by atoms with Gasteiger partial charge in [-0.2, -0.15) is 119 Å². The number of hydrogen-bond donors (Lipinski definition) is 0. The molecule has 33 heteroatoms. The smallest absolute Gasteiger partial charge is 0.379 e. The van der Waals surface area contributed by atoms with Gasteiger partial charge in [-0.15, -0.1) is 0 Å². The van der Waals surface area contributed by atoms with E-state index in [1.165, 1.54) is 0 Å². The first-order chi connectivity index (χ1) is 24.9. The van der Waals surface area contributed by atoms with E-state index < -0.39 is 124 Å². The Kier molecular flexibility index (Phi) is 17.2. The van der Waals surface area contributed by atoms with Crippen LogP contribution in [0.25, 0.3) is 0 Å². The van der Waals surface area contributed by atoms with Crippen molar-refractivity contribution in [3.63, 3.8) is 0 Å². The Labute approximate surface area is 298 Å². The quantitative estimate of drug-likeness (QED) is 0.0951. The number of rotatable bonds is 19. The van der Waals surface area contributed by atoms with E-state index in [1.807, 2.05) is 0 Å². The first-order valence-electron chi connectivity index (χ1n) is 14.2. The molecule has 0 saturated heterocycles. The van der Waals surface area contributed by atoms with Crippen LogP contribution in [0.3, 0.4) is 0 Å². The number of alkyl halides is 27. The molecule has 0 fully saturated rings. The third-order valence-electron chi connectivity index (χ3n) is 6.88. The third kappa shape index (κ3) is 11.6. The van der Waals surface area contributed by atoms with E-state index in [9.17, 15) is 119 Å². The van der Waals surface area contributed by atoms with Crippen molar-refractivity contribution in [2.24, 2.45) is 5.41 Å². The molecular weight excluding hydrogens is 897 g/mol. The summed E-state index contributed by atoms with van der Waals surface area (Å²) < 4.78 is 388. The Hall–Kier alpha value is -2.13. The molecule has 0 N–H and O–H groups in total. The van der Waals surface area contributed by atoms with Gasteiger partial charge in [0.05, 0.1) is 58.3 Å². The van der Waals surface area contributed by atoms with Crippen LogP contribution in [0.5, 0.6) is 0 Å². The Morgan fingerprint density at radius 1 is 0.263 bits per heavy atom. The molecule has 0 aromatic carbocycles. The molecule has 0 aliphatic rings. The molecule has 0 radical (unpaired) electrons. The fourth-order valence-corrected chi connectivity index (χ4v) is 4.09. The summed E-state index contributed by atoms with van der Waals surface area (Å²) >= 11 is 0. The molecule has 0 rings (SSSR count). The van der Waals surface area contributed by atoms with Crippen LogP contribution in [0, 0.1) is 5.41 Å². The SMILES string of the molecule is CCCOCCOCCOCC(COC(C(F)(F)F)(C(F)(F)F)C(F)(F)F)(COC(C(F)(F)F)(C(F)(F)F)C(F)(F)F)COC(C(F)(F)F)(C(F)(F)F)C(F)(F)F. The van der Waals surface area contributed by atoms with Crippen molar-refractivity contribution in [1.82, 2.24) is 0 Å². The van der Waals surface area contributed by atoms with E-state index >= 15 is 0 Å². The molecule has 0 atom stereocenters. The zero-order valence-corrected chi connectivity index (χ0v) is 27.2. The summed E-state index contributed by atoms with van der Waals surface area (Å²) in [5, 5.41) is 0. The minimum atomic E-state index is -8.03. The second-order valence-electron chi connectivity index (χ2n) is 11.2. The van der Waals surface area contributed by atoms with Crippen LogP contribution >= 0.6 is 0 Å². The van der Waals surface area contributed by atoms with Crippen molar-refractivity contribution in [2.75, 3.05) is 59.5 Å². The number of ether oxygens (including phenoxy) is 6. The van der Waals surface area contributed by atoms with E-state index in [-0.39, 0.29) is 13.2 Å². The topological polar surface area (TPSA) is 55.4 Å². The first kappa shape index (κ1) is 54.9. The molecule has 0 aromatic heterocycles. The summed E-state index contributed by atoms with van der Waals surface area (Å²) in [7, 11) is 0. The fraction of sp³-hybridized carbons (Fsp3) is 1.00. The monoisotopic (exact) mass is 920 g/mol. The van der Waals surface area contributed by atoms with Crippen molar-refractivity contribution in [3.8, 4) is 0 Å². The van der Waals surface area contributed by atoms with Crippen molar-refractivity contribution in [1.29, 1.82) is 0 Å². The summed E-state index contributed by atoms with van der Waals surface area (Å²) in [6.45, 7) is -16.9. The molecule has 0 saturated carbocycles. The first-order valence-corrected chi connectivity index (χ1v) is 14.2. The molecule has 0 aliphatic heterocycles. The molecule has 0 aromatic rings. The van der Waals surface area contributed by atoms with Gasteiger partial charge in [0.1, 0.15) is 0 Å². The van der Waals surface area contributed by atoms with Gasteiger partial charge < -0.3 is 28.4 Å². The lowest BCUT2D eigenvalue weighted by atomic mass is 9.89. The summed E-state index contributed by atoms with van der Waals surface area (Å²) in [4.78, 5) is 0. The molecular formula is C24H23F27O6. The average Bonchev–Trinajstić information content (AvgIpc) is 2.90. The van der Waals surface area contributed by atoms with Crippen LogP contribution in [0.2, 0.25) is 0 Å². The average molecular weight is 920 g/mol. The Balaban J connectivity index is 8.11. The van der Waals surface area contributed by atoms with Crippen molar-refractivity contribution in [3.05, 3.63) is 0 Å². The maximum Gasteiger partial charge on any atom is 0.435 e. The van der Waals surface area contributed by atoms with Crippen molar-refractivity contribution >= 4 is 0 Å². The number of halogens is 27. The Morgan fingerprint density at radius 2 is 0.456 bits per heavy atom. The molecule has 344 valence electrons. The second kappa shape index (κ2) is 17.8. The van der Waals surface area contributed by atoms with Gasteiger partial charge >= 0.3 is 72.4 Å². The maximum absolute atomic E-state index is 13.6. The minimum absolute atomic E-state index is 0.0299. The molecule has 0 amide bonds. The van der Waals surface area contributed by atoms with Crippen LogP contribution in [-0.4, -0.2) is 132 Å². The lowest BCUT2D eigenvalue weighted by molar-refractivity contribution is -0.474. The molecule has 0 unspecified atom stereocenters. The molecule has 57 heavy (non-hydrogen) atoms. The largest absolute Gasteiger partial charge is 0.435 e. The van der Waals surface area contributed by atoms with E-state index in [1.54, 1.807) is 6.92 Å². The minimum Gasteiger partial charge on any atom is -0.379 e. The Morgan fingerprint density at radius 3 is 0.649 bits per heavy atom. The lowest BCUT2D eigenvalue weighted by Crippen LogP contribution is -2.71.